The third kappa shape index (κ3) is 4.95. The van der Waals surface area contributed by atoms with Gasteiger partial charge in [-0.2, -0.15) is 4.98 Å². The number of aliphatic hydroxyl groups excluding tert-OH is 1. The number of anilines is 1. The number of amides is 1. The molecule has 2 heterocycles. The second kappa shape index (κ2) is 9.26. The molecule has 1 aliphatic rings. The molecule has 29 heavy (non-hydrogen) atoms. The van der Waals surface area contributed by atoms with Gasteiger partial charge >= 0.3 is 11.7 Å². The minimum absolute atomic E-state index is 0.105. The predicted octanol–water partition coefficient (Wildman–Crippen LogP) is 1.26. The number of nitrogens with one attached hydrogen (secondary N) is 1. The average molecular weight is 399 g/mol. The zero-order valence-corrected chi connectivity index (χ0v) is 15.7. The Morgan fingerprint density at radius 3 is 2.76 bits per heavy atom. The van der Waals surface area contributed by atoms with Crippen LogP contribution in [0, 0.1) is 0 Å². The van der Waals surface area contributed by atoms with Crippen LogP contribution in [-0.4, -0.2) is 45.3 Å². The molecule has 9 nitrogen and oxygen atoms in total. The topological polar surface area (TPSA) is 120 Å². The smallest absolute Gasteiger partial charge is 0.351 e. The lowest BCUT2D eigenvalue weighted by atomic mass is 10.2. The molecule has 0 radical (unpaired) electrons. The second-order valence-corrected chi connectivity index (χ2v) is 6.35. The zero-order valence-electron chi connectivity index (χ0n) is 15.7. The van der Waals surface area contributed by atoms with Crippen molar-refractivity contribution in [3.05, 3.63) is 70.8 Å². The van der Waals surface area contributed by atoms with E-state index >= 15 is 0 Å². The monoisotopic (exact) mass is 399 g/mol. The molecule has 9 heteroatoms. The molecular formula is C20H21N3O6. The number of hydrogen-bond donors (Lipinski definition) is 2. The van der Waals surface area contributed by atoms with Crippen molar-refractivity contribution in [3.63, 3.8) is 0 Å². The molecule has 1 aromatic heterocycles. The van der Waals surface area contributed by atoms with Gasteiger partial charge in [-0.1, -0.05) is 24.3 Å². The van der Waals surface area contributed by atoms with E-state index in [1.54, 1.807) is 43.3 Å². The van der Waals surface area contributed by atoms with E-state index in [9.17, 15) is 19.5 Å². The summed E-state index contributed by atoms with van der Waals surface area (Å²) in [5.41, 5.74) is -0.202. The number of allylic oxidation sites excluding steroid dienone is 1. The molecular weight excluding hydrogens is 378 g/mol. The lowest BCUT2D eigenvalue weighted by Gasteiger charge is -2.15. The third-order valence-electron chi connectivity index (χ3n) is 4.35. The number of nitrogens with zero attached hydrogens (tertiary/aromatic N) is 2. The first-order valence-corrected chi connectivity index (χ1v) is 9.07. The Hall–Kier alpha value is -3.30. The van der Waals surface area contributed by atoms with Gasteiger partial charge in [0, 0.05) is 24.3 Å². The fourth-order valence-corrected chi connectivity index (χ4v) is 2.96. The molecule has 3 rings (SSSR count). The van der Waals surface area contributed by atoms with E-state index in [2.05, 4.69) is 10.3 Å². The summed E-state index contributed by atoms with van der Waals surface area (Å²) in [6, 6.07) is 10.0. The van der Waals surface area contributed by atoms with Crippen LogP contribution in [0.15, 0.2) is 59.5 Å². The molecule has 1 aromatic carbocycles. The highest BCUT2D eigenvalue weighted by Crippen LogP contribution is 2.30. The van der Waals surface area contributed by atoms with Crippen LogP contribution < -0.4 is 11.0 Å². The van der Waals surface area contributed by atoms with Gasteiger partial charge in [-0.25, -0.2) is 9.59 Å². The number of esters is 1. The van der Waals surface area contributed by atoms with E-state index in [4.69, 9.17) is 9.47 Å². The Morgan fingerprint density at radius 1 is 1.34 bits per heavy atom. The van der Waals surface area contributed by atoms with Crippen molar-refractivity contribution in [1.82, 2.24) is 9.55 Å². The van der Waals surface area contributed by atoms with Crippen LogP contribution in [0.3, 0.4) is 0 Å². The number of hydrogen-bond acceptors (Lipinski definition) is 7. The van der Waals surface area contributed by atoms with Crippen LogP contribution in [0.4, 0.5) is 5.82 Å². The lowest BCUT2D eigenvalue weighted by Crippen LogP contribution is -2.29. The molecule has 1 aliphatic heterocycles. The van der Waals surface area contributed by atoms with Crippen molar-refractivity contribution in [1.29, 1.82) is 0 Å². The van der Waals surface area contributed by atoms with Gasteiger partial charge in [0.2, 0.25) is 0 Å². The van der Waals surface area contributed by atoms with Crippen LogP contribution in [-0.2, 0) is 14.3 Å². The van der Waals surface area contributed by atoms with Gasteiger partial charge in [-0.05, 0) is 25.1 Å². The molecule has 1 fully saturated rings. The third-order valence-corrected chi connectivity index (χ3v) is 4.35. The van der Waals surface area contributed by atoms with Gasteiger partial charge in [-0.15, -0.1) is 0 Å². The molecule has 0 unspecified atom stereocenters. The van der Waals surface area contributed by atoms with Crippen molar-refractivity contribution in [2.24, 2.45) is 0 Å². The molecule has 152 valence electrons. The van der Waals surface area contributed by atoms with Crippen molar-refractivity contribution in [3.8, 4) is 0 Å². The summed E-state index contributed by atoms with van der Waals surface area (Å²) in [7, 11) is 0. The standard InChI is InChI=1S/C20H21N3O6/c1-2-6-18(25)29-14-11-17(28-15(14)12-24)23-10-9-16(22-20(23)27)21-19(26)13-7-4-3-5-8-13/h2-10,14-15,17,24H,11-12H2,1H3,(H,21,22,26,27)/b6-2+/t14-,15+,17+/m0/s1. The largest absolute Gasteiger partial charge is 0.456 e. The fourth-order valence-electron chi connectivity index (χ4n) is 2.96. The molecule has 1 saturated heterocycles. The van der Waals surface area contributed by atoms with E-state index < -0.39 is 30.1 Å². The first-order valence-electron chi connectivity index (χ1n) is 9.07. The summed E-state index contributed by atoms with van der Waals surface area (Å²) in [4.78, 5) is 40.1. The van der Waals surface area contributed by atoms with Crippen LogP contribution in [0.5, 0.6) is 0 Å². The number of carbonyl (C=O) groups excluding carboxylic acids is 2. The maximum atomic E-state index is 12.4. The van der Waals surface area contributed by atoms with E-state index in [1.807, 2.05) is 0 Å². The van der Waals surface area contributed by atoms with Gasteiger partial charge < -0.3 is 19.9 Å². The quantitative estimate of drug-likeness (QED) is 0.554. The molecule has 2 aromatic rings. The van der Waals surface area contributed by atoms with Gasteiger partial charge in [0.25, 0.3) is 5.91 Å². The van der Waals surface area contributed by atoms with Crippen LogP contribution in [0.1, 0.15) is 29.9 Å². The number of aromatic nitrogens is 2. The zero-order chi connectivity index (χ0) is 20.8. The van der Waals surface area contributed by atoms with Crippen molar-refractivity contribution < 1.29 is 24.2 Å². The normalized spacial score (nSPS) is 21.2. The van der Waals surface area contributed by atoms with E-state index in [1.165, 1.54) is 22.9 Å². The maximum absolute atomic E-state index is 12.4. The van der Waals surface area contributed by atoms with E-state index in [0.29, 0.717) is 5.56 Å². The van der Waals surface area contributed by atoms with Crippen LogP contribution >= 0.6 is 0 Å². The molecule has 3 atom stereocenters. The van der Waals surface area contributed by atoms with E-state index in [-0.39, 0.29) is 24.8 Å². The Kier molecular flexibility index (Phi) is 6.53. The van der Waals surface area contributed by atoms with Gasteiger partial charge in [0.15, 0.2) is 0 Å². The molecule has 1 amide bonds. The number of ether oxygens (including phenoxy) is 2. The summed E-state index contributed by atoms with van der Waals surface area (Å²) in [5, 5.41) is 12.0. The van der Waals surface area contributed by atoms with Crippen LogP contribution in [0.25, 0.3) is 0 Å². The van der Waals surface area contributed by atoms with Crippen molar-refractivity contribution in [2.45, 2.75) is 31.8 Å². The Balaban J connectivity index is 1.71. The molecule has 0 aliphatic carbocycles. The number of carbonyl (C=O) groups is 2. The highest BCUT2D eigenvalue weighted by Gasteiger charge is 2.38. The lowest BCUT2D eigenvalue weighted by molar-refractivity contribution is -0.147. The number of aliphatic hydroxyl groups is 1. The van der Waals surface area contributed by atoms with Gasteiger partial charge in [0.05, 0.1) is 6.61 Å². The Bertz CT molecular complexity index is 956. The molecule has 2 N–H and O–H groups in total. The first-order chi connectivity index (χ1) is 14.0. The Labute approximate surface area is 166 Å². The highest BCUT2D eigenvalue weighted by molar-refractivity contribution is 6.03. The van der Waals surface area contributed by atoms with Crippen LogP contribution in [0.2, 0.25) is 0 Å². The second-order valence-electron chi connectivity index (χ2n) is 6.35. The van der Waals surface area contributed by atoms with Gasteiger partial charge in [0.1, 0.15) is 24.3 Å². The highest BCUT2D eigenvalue weighted by atomic mass is 16.6. The summed E-state index contributed by atoms with van der Waals surface area (Å²) in [6.07, 6.45) is 2.23. The predicted molar refractivity (Wildman–Crippen MR) is 103 cm³/mol. The molecule has 0 saturated carbocycles. The minimum atomic E-state index is -0.755. The summed E-state index contributed by atoms with van der Waals surface area (Å²) in [5.74, 6) is -0.832. The summed E-state index contributed by atoms with van der Waals surface area (Å²) < 4.78 is 12.1. The minimum Gasteiger partial charge on any atom is -0.456 e. The summed E-state index contributed by atoms with van der Waals surface area (Å²) >= 11 is 0. The first kappa shape index (κ1) is 20.4. The van der Waals surface area contributed by atoms with E-state index in [0.717, 1.165) is 0 Å². The summed E-state index contributed by atoms with van der Waals surface area (Å²) in [6.45, 7) is 1.32. The fraction of sp³-hybridized carbons (Fsp3) is 0.300. The van der Waals surface area contributed by atoms with Crippen molar-refractivity contribution >= 4 is 17.7 Å². The SMILES string of the molecule is C/C=C/C(=O)O[C@H]1C[C@H](n2ccc(NC(=O)c3ccccc3)nc2=O)O[C@@H]1CO. The number of benzene rings is 1. The van der Waals surface area contributed by atoms with Crippen molar-refractivity contribution in [2.75, 3.05) is 11.9 Å². The number of rotatable bonds is 6. The molecule has 0 spiro atoms. The van der Waals surface area contributed by atoms with Gasteiger partial charge in [-0.3, -0.25) is 9.36 Å². The maximum Gasteiger partial charge on any atom is 0.351 e. The Morgan fingerprint density at radius 2 is 2.10 bits per heavy atom. The average Bonchev–Trinajstić information content (AvgIpc) is 3.11. The molecule has 0 bridgehead atoms.